The molecule has 5 heteroatoms. The second kappa shape index (κ2) is 7.23. The molecule has 0 saturated carbocycles. The van der Waals surface area contributed by atoms with Crippen molar-refractivity contribution in [2.75, 3.05) is 21.3 Å². The second-order valence-electron chi connectivity index (χ2n) is 4.55. The maximum Gasteiger partial charge on any atom is 0.335 e. The highest BCUT2D eigenvalue weighted by Crippen LogP contribution is 2.37. The highest BCUT2D eigenvalue weighted by molar-refractivity contribution is 5.87. The van der Waals surface area contributed by atoms with Crippen LogP contribution in [-0.4, -0.2) is 32.4 Å². The van der Waals surface area contributed by atoms with Gasteiger partial charge in [-0.25, -0.2) is 4.79 Å². The monoisotopic (exact) mass is 312 g/mol. The van der Waals surface area contributed by atoms with Crippen molar-refractivity contribution in [2.24, 2.45) is 0 Å². The highest BCUT2D eigenvalue weighted by Gasteiger charge is 2.12. The lowest BCUT2D eigenvalue weighted by Gasteiger charge is -2.12. The van der Waals surface area contributed by atoms with Crippen molar-refractivity contribution in [2.45, 2.75) is 0 Å². The Morgan fingerprint density at radius 3 is 1.83 bits per heavy atom. The lowest BCUT2D eigenvalue weighted by molar-refractivity contribution is 0.0697. The predicted octanol–water partition coefficient (Wildman–Crippen LogP) is 2.81. The van der Waals surface area contributed by atoms with E-state index in [0.29, 0.717) is 28.4 Å². The first kappa shape index (κ1) is 16.2. The Morgan fingerprint density at radius 2 is 1.39 bits per heavy atom. The zero-order valence-electron chi connectivity index (χ0n) is 13.0. The van der Waals surface area contributed by atoms with E-state index in [-0.39, 0.29) is 5.56 Å². The molecule has 2 aromatic carbocycles. The van der Waals surface area contributed by atoms with E-state index in [2.05, 4.69) is 11.8 Å². The summed E-state index contributed by atoms with van der Waals surface area (Å²) in [6, 6.07) is 9.85. The molecule has 0 aliphatic carbocycles. The van der Waals surface area contributed by atoms with E-state index >= 15 is 0 Å². The second-order valence-corrected chi connectivity index (χ2v) is 4.55. The summed E-state index contributed by atoms with van der Waals surface area (Å²) in [6.07, 6.45) is 0. The largest absolute Gasteiger partial charge is 0.493 e. The molecule has 1 N–H and O–H groups in total. The molecule has 0 aromatic heterocycles. The smallest absolute Gasteiger partial charge is 0.335 e. The average Bonchev–Trinajstić information content (AvgIpc) is 2.59. The van der Waals surface area contributed by atoms with Crippen LogP contribution in [0.4, 0.5) is 0 Å². The number of carboxylic acids is 1. The molecule has 2 rings (SSSR count). The van der Waals surface area contributed by atoms with E-state index in [0.717, 1.165) is 0 Å². The Labute approximate surface area is 134 Å². The van der Waals surface area contributed by atoms with Crippen molar-refractivity contribution < 1.29 is 24.1 Å². The lowest BCUT2D eigenvalue weighted by Crippen LogP contribution is -1.96. The van der Waals surface area contributed by atoms with Gasteiger partial charge >= 0.3 is 5.97 Å². The third-order valence-corrected chi connectivity index (χ3v) is 3.15. The minimum atomic E-state index is -0.964. The van der Waals surface area contributed by atoms with Gasteiger partial charge in [0.25, 0.3) is 0 Å². The molecule has 0 spiro atoms. The standard InChI is InChI=1S/C18H16O5/c1-21-15-10-13(11-16(22-2)17(15)23-3)5-4-12-6-8-14(9-7-12)18(19)20/h6-11H,1-3H3,(H,19,20). The Kier molecular flexibility index (Phi) is 5.11. The maximum atomic E-state index is 10.8. The number of rotatable bonds is 4. The Hall–Kier alpha value is -3.13. The molecule has 0 saturated heterocycles. The van der Waals surface area contributed by atoms with Crippen molar-refractivity contribution in [1.29, 1.82) is 0 Å². The summed E-state index contributed by atoms with van der Waals surface area (Å²) in [5.41, 5.74) is 1.63. The molecule has 5 nitrogen and oxygen atoms in total. The molecule has 23 heavy (non-hydrogen) atoms. The van der Waals surface area contributed by atoms with Gasteiger partial charge in [-0.2, -0.15) is 0 Å². The van der Waals surface area contributed by atoms with Gasteiger partial charge in [-0.05, 0) is 36.4 Å². The molecule has 0 bridgehead atoms. The van der Waals surface area contributed by atoms with Crippen LogP contribution in [0, 0.1) is 11.8 Å². The number of aromatic carboxylic acids is 1. The number of ether oxygens (including phenoxy) is 3. The van der Waals surface area contributed by atoms with E-state index in [1.807, 2.05) is 0 Å². The first-order valence-corrected chi connectivity index (χ1v) is 6.74. The van der Waals surface area contributed by atoms with Crippen molar-refractivity contribution >= 4 is 5.97 Å². The van der Waals surface area contributed by atoms with E-state index in [1.165, 1.54) is 19.2 Å². The van der Waals surface area contributed by atoms with Gasteiger partial charge in [0.15, 0.2) is 11.5 Å². The van der Waals surface area contributed by atoms with Crippen LogP contribution < -0.4 is 14.2 Å². The Balaban J connectivity index is 2.35. The molecule has 0 amide bonds. The number of carbonyl (C=O) groups is 1. The number of benzene rings is 2. The normalized spacial score (nSPS) is 9.52. The number of hydrogen-bond acceptors (Lipinski definition) is 4. The molecule has 0 atom stereocenters. The number of carboxylic acid groups (broad SMARTS) is 1. The van der Waals surface area contributed by atoms with Gasteiger partial charge in [-0.15, -0.1) is 0 Å². The third kappa shape index (κ3) is 3.74. The van der Waals surface area contributed by atoms with E-state index in [9.17, 15) is 4.79 Å². The first-order valence-electron chi connectivity index (χ1n) is 6.74. The minimum Gasteiger partial charge on any atom is -0.493 e. The van der Waals surface area contributed by atoms with Crippen molar-refractivity contribution in [3.05, 3.63) is 53.1 Å². The predicted molar refractivity (Wildman–Crippen MR) is 85.5 cm³/mol. The van der Waals surface area contributed by atoms with Crippen LogP contribution in [0.5, 0.6) is 17.2 Å². The van der Waals surface area contributed by atoms with E-state index < -0.39 is 5.97 Å². The van der Waals surface area contributed by atoms with Crippen molar-refractivity contribution in [1.82, 2.24) is 0 Å². The summed E-state index contributed by atoms with van der Waals surface area (Å²) in [5, 5.41) is 8.87. The fraction of sp³-hybridized carbons (Fsp3) is 0.167. The topological polar surface area (TPSA) is 65.0 Å². The van der Waals surface area contributed by atoms with Gasteiger partial charge in [0.05, 0.1) is 26.9 Å². The molecule has 0 unspecified atom stereocenters. The van der Waals surface area contributed by atoms with Crippen molar-refractivity contribution in [3.63, 3.8) is 0 Å². The zero-order chi connectivity index (χ0) is 16.8. The van der Waals surface area contributed by atoms with Gasteiger partial charge < -0.3 is 19.3 Å². The molecule has 0 aliphatic heterocycles. The molecule has 0 aliphatic rings. The van der Waals surface area contributed by atoms with Crippen LogP contribution in [0.1, 0.15) is 21.5 Å². The van der Waals surface area contributed by atoms with Crippen molar-refractivity contribution in [3.8, 4) is 29.1 Å². The molecular weight excluding hydrogens is 296 g/mol. The SMILES string of the molecule is COc1cc(C#Cc2ccc(C(=O)O)cc2)cc(OC)c1OC. The van der Waals surface area contributed by atoms with Crippen LogP contribution in [0.15, 0.2) is 36.4 Å². The lowest BCUT2D eigenvalue weighted by atomic mass is 10.1. The molecule has 2 aromatic rings. The Morgan fingerprint density at radius 1 is 0.870 bits per heavy atom. The van der Waals surface area contributed by atoms with Crippen LogP contribution in [0.2, 0.25) is 0 Å². The summed E-state index contributed by atoms with van der Waals surface area (Å²) in [5.74, 6) is 6.56. The summed E-state index contributed by atoms with van der Waals surface area (Å²) in [7, 11) is 4.62. The summed E-state index contributed by atoms with van der Waals surface area (Å²) in [6.45, 7) is 0. The number of hydrogen-bond donors (Lipinski definition) is 1. The van der Waals surface area contributed by atoms with Gasteiger partial charge in [-0.3, -0.25) is 0 Å². The fourth-order valence-corrected chi connectivity index (χ4v) is 1.99. The quantitative estimate of drug-likeness (QED) is 0.880. The molecule has 0 fully saturated rings. The van der Waals surface area contributed by atoms with E-state index in [1.54, 1.807) is 38.5 Å². The van der Waals surface area contributed by atoms with Gasteiger partial charge in [0, 0.05) is 11.1 Å². The van der Waals surface area contributed by atoms with Crippen LogP contribution in [-0.2, 0) is 0 Å². The first-order chi connectivity index (χ1) is 11.1. The fourth-order valence-electron chi connectivity index (χ4n) is 1.99. The zero-order valence-corrected chi connectivity index (χ0v) is 13.0. The summed E-state index contributed by atoms with van der Waals surface area (Å²) < 4.78 is 15.8. The van der Waals surface area contributed by atoms with E-state index in [4.69, 9.17) is 19.3 Å². The van der Waals surface area contributed by atoms with Gasteiger partial charge in [-0.1, -0.05) is 11.8 Å². The minimum absolute atomic E-state index is 0.225. The van der Waals surface area contributed by atoms with Gasteiger partial charge in [0.1, 0.15) is 0 Å². The van der Waals surface area contributed by atoms with Gasteiger partial charge in [0.2, 0.25) is 5.75 Å². The van der Waals surface area contributed by atoms with Crippen LogP contribution in [0.3, 0.4) is 0 Å². The molecule has 0 heterocycles. The highest BCUT2D eigenvalue weighted by atomic mass is 16.5. The number of methoxy groups -OCH3 is 3. The average molecular weight is 312 g/mol. The molecule has 0 radical (unpaired) electrons. The molecular formula is C18H16O5. The summed E-state index contributed by atoms with van der Waals surface area (Å²) >= 11 is 0. The Bertz CT molecular complexity index is 741. The van der Waals surface area contributed by atoms with Crippen LogP contribution >= 0.6 is 0 Å². The van der Waals surface area contributed by atoms with Crippen LogP contribution in [0.25, 0.3) is 0 Å². The third-order valence-electron chi connectivity index (χ3n) is 3.15. The summed E-state index contributed by atoms with van der Waals surface area (Å²) in [4.78, 5) is 10.8. The molecule has 118 valence electrons. The maximum absolute atomic E-state index is 10.8.